The van der Waals surface area contributed by atoms with Gasteiger partial charge in [0.15, 0.2) is 0 Å². The standard InChI is InChI=1S/C7H5Cl2NO5S/c8-3-1-2-4(16(14,15)10-13)6(9)5(3)7(11)12/h1-2,10,13H,(H,11,12). The van der Waals surface area contributed by atoms with Crippen LogP contribution < -0.4 is 4.89 Å². The molecule has 0 aromatic heterocycles. The number of aromatic carboxylic acids is 1. The minimum atomic E-state index is -4.25. The van der Waals surface area contributed by atoms with E-state index in [1.54, 1.807) is 0 Å². The van der Waals surface area contributed by atoms with Crippen LogP contribution in [0.1, 0.15) is 10.4 Å². The molecule has 0 atom stereocenters. The number of hydrogen-bond acceptors (Lipinski definition) is 4. The predicted molar refractivity (Wildman–Crippen MR) is 55.5 cm³/mol. The van der Waals surface area contributed by atoms with Crippen LogP contribution in [0.5, 0.6) is 0 Å². The molecule has 0 radical (unpaired) electrons. The van der Waals surface area contributed by atoms with Gasteiger partial charge in [0.05, 0.1) is 15.6 Å². The third-order valence-electron chi connectivity index (χ3n) is 1.68. The van der Waals surface area contributed by atoms with Gasteiger partial charge in [0.25, 0.3) is 10.0 Å². The summed E-state index contributed by atoms with van der Waals surface area (Å²) in [4.78, 5) is 11.2. The van der Waals surface area contributed by atoms with Gasteiger partial charge >= 0.3 is 5.97 Å². The van der Waals surface area contributed by atoms with Gasteiger partial charge in [-0.2, -0.15) is 0 Å². The highest BCUT2D eigenvalue weighted by molar-refractivity contribution is 7.89. The molecule has 0 fully saturated rings. The Morgan fingerprint density at radius 3 is 2.31 bits per heavy atom. The highest BCUT2D eigenvalue weighted by Crippen LogP contribution is 2.30. The van der Waals surface area contributed by atoms with E-state index in [4.69, 9.17) is 33.5 Å². The molecule has 16 heavy (non-hydrogen) atoms. The average Bonchev–Trinajstić information content (AvgIpc) is 2.16. The summed E-state index contributed by atoms with van der Waals surface area (Å²) in [7, 11) is -4.25. The van der Waals surface area contributed by atoms with E-state index in [1.807, 2.05) is 0 Å². The smallest absolute Gasteiger partial charge is 0.338 e. The van der Waals surface area contributed by atoms with E-state index in [0.29, 0.717) is 0 Å². The van der Waals surface area contributed by atoms with Gasteiger partial charge < -0.3 is 10.3 Å². The minimum Gasteiger partial charge on any atom is -0.478 e. The molecule has 1 aromatic rings. The van der Waals surface area contributed by atoms with E-state index >= 15 is 0 Å². The molecule has 0 bridgehead atoms. The number of hydrogen-bond donors (Lipinski definition) is 3. The Hall–Kier alpha value is -0.860. The van der Waals surface area contributed by atoms with Gasteiger partial charge in [0.1, 0.15) is 4.90 Å². The number of halogens is 2. The number of nitrogens with one attached hydrogen (secondary N) is 1. The topological polar surface area (TPSA) is 104 Å². The van der Waals surface area contributed by atoms with Crippen molar-refractivity contribution in [3.8, 4) is 0 Å². The van der Waals surface area contributed by atoms with Crippen LogP contribution in [0.15, 0.2) is 17.0 Å². The van der Waals surface area contributed by atoms with Crippen molar-refractivity contribution in [2.45, 2.75) is 4.90 Å². The first-order chi connectivity index (χ1) is 7.31. The maximum Gasteiger partial charge on any atom is 0.338 e. The van der Waals surface area contributed by atoms with Gasteiger partial charge in [-0.05, 0) is 12.1 Å². The molecule has 0 amide bonds. The molecule has 0 saturated carbocycles. The summed E-state index contributed by atoms with van der Waals surface area (Å²) in [5.41, 5.74) is -0.542. The van der Waals surface area contributed by atoms with E-state index in [9.17, 15) is 13.2 Å². The summed E-state index contributed by atoms with van der Waals surface area (Å²) >= 11 is 11.1. The molecule has 3 N–H and O–H groups in total. The Morgan fingerprint density at radius 2 is 1.88 bits per heavy atom. The van der Waals surface area contributed by atoms with E-state index in [2.05, 4.69) is 0 Å². The van der Waals surface area contributed by atoms with Crippen molar-refractivity contribution >= 4 is 39.2 Å². The van der Waals surface area contributed by atoms with E-state index < -0.39 is 31.5 Å². The van der Waals surface area contributed by atoms with Gasteiger partial charge in [0.2, 0.25) is 0 Å². The summed E-state index contributed by atoms with van der Waals surface area (Å²) < 4.78 is 22.5. The highest BCUT2D eigenvalue weighted by atomic mass is 35.5. The SMILES string of the molecule is O=C(O)c1c(Cl)ccc(S(=O)(=O)NO)c1Cl. The number of rotatable bonds is 3. The molecule has 0 aliphatic carbocycles. The molecule has 0 spiro atoms. The number of benzene rings is 1. The highest BCUT2D eigenvalue weighted by Gasteiger charge is 2.24. The molecule has 6 nitrogen and oxygen atoms in total. The van der Waals surface area contributed by atoms with Gasteiger partial charge in [-0.25, -0.2) is 13.2 Å². The number of carboxylic acids is 1. The maximum absolute atomic E-state index is 11.2. The second-order valence-electron chi connectivity index (χ2n) is 2.63. The third-order valence-corrected chi connectivity index (χ3v) is 3.66. The van der Waals surface area contributed by atoms with Crippen molar-refractivity contribution in [1.29, 1.82) is 0 Å². The normalized spacial score (nSPS) is 11.4. The quantitative estimate of drug-likeness (QED) is 0.728. The second kappa shape index (κ2) is 4.56. The van der Waals surface area contributed by atoms with Gasteiger partial charge in [-0.15, -0.1) is 0 Å². The first-order valence-electron chi connectivity index (χ1n) is 3.68. The molecule has 0 aliphatic rings. The van der Waals surface area contributed by atoms with Crippen LogP contribution in [0.25, 0.3) is 0 Å². The lowest BCUT2D eigenvalue weighted by Gasteiger charge is -2.07. The molecule has 0 heterocycles. The number of carboxylic acid groups (broad SMARTS) is 1. The van der Waals surface area contributed by atoms with Crippen molar-refractivity contribution in [3.05, 3.63) is 27.7 Å². The lowest BCUT2D eigenvalue weighted by molar-refractivity contribution is 0.0697. The van der Waals surface area contributed by atoms with E-state index in [0.717, 1.165) is 17.0 Å². The summed E-state index contributed by atoms with van der Waals surface area (Å²) in [6.45, 7) is 0. The van der Waals surface area contributed by atoms with Crippen LogP contribution in [0, 0.1) is 0 Å². The van der Waals surface area contributed by atoms with E-state index in [-0.39, 0.29) is 5.02 Å². The molecule has 9 heteroatoms. The first-order valence-corrected chi connectivity index (χ1v) is 5.92. The lowest BCUT2D eigenvalue weighted by atomic mass is 10.2. The monoisotopic (exact) mass is 285 g/mol. The van der Waals surface area contributed by atoms with Crippen molar-refractivity contribution in [1.82, 2.24) is 4.89 Å². The number of sulfonamides is 1. The van der Waals surface area contributed by atoms with Crippen LogP contribution in [0.2, 0.25) is 10.0 Å². The maximum atomic E-state index is 11.2. The largest absolute Gasteiger partial charge is 0.478 e. The van der Waals surface area contributed by atoms with Crippen molar-refractivity contribution in [2.75, 3.05) is 0 Å². The summed E-state index contributed by atoms with van der Waals surface area (Å²) in [5.74, 6) is -1.47. The average molecular weight is 286 g/mol. The van der Waals surface area contributed by atoms with Crippen LogP contribution in [0.3, 0.4) is 0 Å². The molecular formula is C7H5Cl2NO5S. The minimum absolute atomic E-state index is 0.200. The third kappa shape index (κ3) is 2.28. The fraction of sp³-hybridized carbons (Fsp3) is 0. The van der Waals surface area contributed by atoms with E-state index in [1.165, 1.54) is 0 Å². The Balaban J connectivity index is 3.59. The molecule has 1 aromatic carbocycles. The van der Waals surface area contributed by atoms with Crippen LogP contribution in [-0.4, -0.2) is 24.7 Å². The number of carbonyl (C=O) groups is 1. The molecule has 0 aliphatic heterocycles. The van der Waals surface area contributed by atoms with Crippen LogP contribution in [0.4, 0.5) is 0 Å². The second-order valence-corrected chi connectivity index (χ2v) is 5.05. The van der Waals surface area contributed by atoms with Gasteiger partial charge in [-0.1, -0.05) is 28.1 Å². The lowest BCUT2D eigenvalue weighted by Crippen LogP contribution is -2.20. The molecule has 1 rings (SSSR count). The zero-order valence-electron chi connectivity index (χ0n) is 7.44. The van der Waals surface area contributed by atoms with Crippen LogP contribution >= 0.6 is 23.2 Å². The Morgan fingerprint density at radius 1 is 1.31 bits per heavy atom. The molecule has 0 unspecified atom stereocenters. The van der Waals surface area contributed by atoms with Crippen LogP contribution in [-0.2, 0) is 10.0 Å². The zero-order chi connectivity index (χ0) is 12.5. The molecular weight excluding hydrogens is 281 g/mol. The van der Waals surface area contributed by atoms with Gasteiger partial charge in [-0.3, -0.25) is 0 Å². The van der Waals surface area contributed by atoms with Gasteiger partial charge in [0, 0.05) is 0 Å². The summed E-state index contributed by atoms with van der Waals surface area (Å²) in [5, 5.41) is 16.4. The Bertz CT molecular complexity index is 542. The fourth-order valence-electron chi connectivity index (χ4n) is 0.986. The Labute approximate surface area is 100 Å². The summed E-state index contributed by atoms with van der Waals surface area (Å²) in [6, 6.07) is 2.04. The summed E-state index contributed by atoms with van der Waals surface area (Å²) in [6.07, 6.45) is 0. The zero-order valence-corrected chi connectivity index (χ0v) is 9.77. The van der Waals surface area contributed by atoms with Crippen molar-refractivity contribution in [2.24, 2.45) is 0 Å². The van der Waals surface area contributed by atoms with Crippen molar-refractivity contribution < 1.29 is 23.5 Å². The first kappa shape index (κ1) is 13.2. The van der Waals surface area contributed by atoms with Crippen molar-refractivity contribution in [3.63, 3.8) is 0 Å². The molecule has 88 valence electrons. The fourth-order valence-corrected chi connectivity index (χ4v) is 2.51. The Kier molecular flexibility index (Phi) is 3.76. The predicted octanol–water partition coefficient (Wildman–Crippen LogP) is 1.36. The molecule has 0 saturated heterocycles.